The zero-order chi connectivity index (χ0) is 13.7. The molecule has 102 valence electrons. The molecule has 7 heteroatoms. The normalized spacial score (nSPS) is 12.3. The van der Waals surface area contributed by atoms with Crippen LogP contribution in [-0.4, -0.2) is 38.6 Å². The van der Waals surface area contributed by atoms with Crippen LogP contribution in [0.25, 0.3) is 11.2 Å². The first-order valence-corrected chi connectivity index (χ1v) is 6.27. The first-order chi connectivity index (χ1) is 9.20. The van der Waals surface area contributed by atoms with E-state index in [1.54, 1.807) is 13.3 Å². The molecule has 0 bridgehead atoms. The molecule has 0 saturated carbocycles. The number of ether oxygens (including phenoxy) is 1. The van der Waals surface area contributed by atoms with Crippen molar-refractivity contribution in [1.29, 1.82) is 0 Å². The van der Waals surface area contributed by atoms with Gasteiger partial charge in [-0.3, -0.25) is 4.79 Å². The first-order valence-electron chi connectivity index (χ1n) is 6.27. The van der Waals surface area contributed by atoms with Crippen molar-refractivity contribution in [2.24, 2.45) is 0 Å². The Morgan fingerprint density at radius 1 is 1.47 bits per heavy atom. The number of carbonyl (C=O) groups excluding carboxylic acids is 1. The van der Waals surface area contributed by atoms with Crippen molar-refractivity contribution in [3.63, 3.8) is 0 Å². The van der Waals surface area contributed by atoms with E-state index < -0.39 is 0 Å². The number of hydrogen-bond donors (Lipinski definition) is 2. The molecule has 1 atom stereocenters. The van der Waals surface area contributed by atoms with Gasteiger partial charge < -0.3 is 15.0 Å². The molecule has 0 aliphatic heterocycles. The minimum Gasteiger partial charge on any atom is -0.466 e. The summed E-state index contributed by atoms with van der Waals surface area (Å²) in [6.45, 7) is 4.21. The standard InChI is InChI=1S/C12H17N5O2/c1-3-19-9(18)5-4-8(2)17-12-10-11(14-6-13-10)15-7-16-12/h6-8H,3-5H2,1-2H3,(H2,13,14,15,16,17). The van der Waals surface area contributed by atoms with E-state index >= 15 is 0 Å². The average Bonchev–Trinajstić information content (AvgIpc) is 2.86. The predicted octanol–water partition coefficient (Wildman–Crippen LogP) is 1.50. The number of carbonyl (C=O) groups is 1. The van der Waals surface area contributed by atoms with E-state index in [0.717, 1.165) is 5.52 Å². The van der Waals surface area contributed by atoms with E-state index in [9.17, 15) is 4.79 Å². The van der Waals surface area contributed by atoms with E-state index in [1.807, 2.05) is 6.92 Å². The highest BCUT2D eigenvalue weighted by molar-refractivity contribution is 5.82. The number of imidazole rings is 1. The van der Waals surface area contributed by atoms with Crippen molar-refractivity contribution in [3.05, 3.63) is 12.7 Å². The lowest BCUT2D eigenvalue weighted by atomic mass is 10.2. The highest BCUT2D eigenvalue weighted by Crippen LogP contribution is 2.16. The van der Waals surface area contributed by atoms with Gasteiger partial charge in [0.05, 0.1) is 12.9 Å². The van der Waals surface area contributed by atoms with Crippen LogP contribution in [0.2, 0.25) is 0 Å². The molecular formula is C12H17N5O2. The third-order valence-electron chi connectivity index (χ3n) is 2.69. The van der Waals surface area contributed by atoms with Crippen LogP contribution in [0.3, 0.4) is 0 Å². The van der Waals surface area contributed by atoms with E-state index in [4.69, 9.17) is 4.74 Å². The summed E-state index contributed by atoms with van der Waals surface area (Å²) in [4.78, 5) is 26.5. The summed E-state index contributed by atoms with van der Waals surface area (Å²) in [7, 11) is 0. The summed E-state index contributed by atoms with van der Waals surface area (Å²) in [5.41, 5.74) is 1.39. The highest BCUT2D eigenvalue weighted by Gasteiger charge is 2.11. The summed E-state index contributed by atoms with van der Waals surface area (Å²) in [5.74, 6) is 0.518. The molecule has 1 unspecified atom stereocenters. The molecule has 2 aromatic heterocycles. The molecule has 2 rings (SSSR count). The summed E-state index contributed by atoms with van der Waals surface area (Å²) in [5, 5.41) is 3.24. The van der Waals surface area contributed by atoms with Crippen molar-refractivity contribution >= 4 is 23.0 Å². The topological polar surface area (TPSA) is 92.8 Å². The maximum Gasteiger partial charge on any atom is 0.305 e. The summed E-state index contributed by atoms with van der Waals surface area (Å²) >= 11 is 0. The monoisotopic (exact) mass is 263 g/mol. The molecule has 0 radical (unpaired) electrons. The Kier molecular flexibility index (Phi) is 4.27. The Labute approximate surface area is 110 Å². The lowest BCUT2D eigenvalue weighted by molar-refractivity contribution is -0.143. The predicted molar refractivity (Wildman–Crippen MR) is 70.6 cm³/mol. The van der Waals surface area contributed by atoms with Gasteiger partial charge in [0.25, 0.3) is 0 Å². The van der Waals surface area contributed by atoms with Crippen LogP contribution in [0.4, 0.5) is 5.82 Å². The minimum absolute atomic E-state index is 0.103. The molecule has 19 heavy (non-hydrogen) atoms. The van der Waals surface area contributed by atoms with Gasteiger partial charge in [0.15, 0.2) is 11.5 Å². The fraction of sp³-hybridized carbons (Fsp3) is 0.500. The molecular weight excluding hydrogens is 246 g/mol. The second-order valence-electron chi connectivity index (χ2n) is 4.21. The number of anilines is 1. The second-order valence-corrected chi connectivity index (χ2v) is 4.21. The third kappa shape index (κ3) is 3.40. The van der Waals surface area contributed by atoms with Crippen molar-refractivity contribution in [2.45, 2.75) is 32.7 Å². The maximum absolute atomic E-state index is 11.3. The smallest absolute Gasteiger partial charge is 0.305 e. The lowest BCUT2D eigenvalue weighted by Crippen LogP contribution is -2.18. The molecule has 7 nitrogen and oxygen atoms in total. The Morgan fingerprint density at radius 2 is 2.32 bits per heavy atom. The van der Waals surface area contributed by atoms with Crippen LogP contribution < -0.4 is 5.32 Å². The molecule has 0 amide bonds. The molecule has 0 fully saturated rings. The second kappa shape index (κ2) is 6.12. The third-order valence-corrected chi connectivity index (χ3v) is 2.69. The molecule has 2 aromatic rings. The van der Waals surface area contributed by atoms with E-state index in [0.29, 0.717) is 30.9 Å². The summed E-state index contributed by atoms with van der Waals surface area (Å²) < 4.78 is 4.89. The number of rotatable bonds is 6. The molecule has 2 heterocycles. The fourth-order valence-electron chi connectivity index (χ4n) is 1.75. The van der Waals surface area contributed by atoms with Gasteiger partial charge in [-0.05, 0) is 20.3 Å². The zero-order valence-electron chi connectivity index (χ0n) is 11.0. The summed E-state index contributed by atoms with van der Waals surface area (Å²) in [6, 6.07) is 0.103. The van der Waals surface area contributed by atoms with Crippen LogP contribution >= 0.6 is 0 Å². The molecule has 0 aromatic carbocycles. The van der Waals surface area contributed by atoms with Crippen LogP contribution in [0.5, 0.6) is 0 Å². The van der Waals surface area contributed by atoms with E-state index in [1.165, 1.54) is 6.33 Å². The van der Waals surface area contributed by atoms with Crippen LogP contribution in [0.15, 0.2) is 12.7 Å². The SMILES string of the molecule is CCOC(=O)CCC(C)Nc1ncnc2nc[nH]c12. The van der Waals surface area contributed by atoms with Crippen molar-refractivity contribution in [1.82, 2.24) is 19.9 Å². The van der Waals surface area contributed by atoms with Gasteiger partial charge in [0, 0.05) is 12.5 Å². The maximum atomic E-state index is 11.3. The zero-order valence-corrected chi connectivity index (χ0v) is 11.0. The first kappa shape index (κ1) is 13.3. The van der Waals surface area contributed by atoms with E-state index in [-0.39, 0.29) is 12.0 Å². The number of H-pyrrole nitrogens is 1. The quantitative estimate of drug-likeness (QED) is 0.767. The van der Waals surface area contributed by atoms with Gasteiger partial charge in [-0.1, -0.05) is 0 Å². The Balaban J connectivity index is 1.93. The Bertz CT molecular complexity index is 554. The van der Waals surface area contributed by atoms with Crippen LogP contribution in [0.1, 0.15) is 26.7 Å². The Hall–Kier alpha value is -2.18. The molecule has 2 N–H and O–H groups in total. The largest absolute Gasteiger partial charge is 0.466 e. The van der Waals surface area contributed by atoms with Crippen LogP contribution in [0, 0.1) is 0 Å². The van der Waals surface area contributed by atoms with Gasteiger partial charge in [-0.2, -0.15) is 0 Å². The van der Waals surface area contributed by atoms with Crippen molar-refractivity contribution in [3.8, 4) is 0 Å². The van der Waals surface area contributed by atoms with Crippen molar-refractivity contribution < 1.29 is 9.53 Å². The van der Waals surface area contributed by atoms with Gasteiger partial charge >= 0.3 is 5.97 Å². The molecule has 0 spiro atoms. The minimum atomic E-state index is -0.175. The number of nitrogens with zero attached hydrogens (tertiary/aromatic N) is 3. The highest BCUT2D eigenvalue weighted by atomic mass is 16.5. The van der Waals surface area contributed by atoms with Crippen LogP contribution in [-0.2, 0) is 9.53 Å². The number of aromatic amines is 1. The number of hydrogen-bond acceptors (Lipinski definition) is 6. The molecule has 0 aliphatic rings. The van der Waals surface area contributed by atoms with Gasteiger partial charge in [-0.15, -0.1) is 0 Å². The van der Waals surface area contributed by atoms with E-state index in [2.05, 4.69) is 25.3 Å². The molecule has 0 aliphatic carbocycles. The van der Waals surface area contributed by atoms with Gasteiger partial charge in [0.2, 0.25) is 0 Å². The average molecular weight is 263 g/mol. The lowest BCUT2D eigenvalue weighted by Gasteiger charge is -2.14. The van der Waals surface area contributed by atoms with Crippen molar-refractivity contribution in [2.75, 3.05) is 11.9 Å². The van der Waals surface area contributed by atoms with Gasteiger partial charge in [-0.25, -0.2) is 15.0 Å². The molecule has 0 saturated heterocycles. The fourth-order valence-corrected chi connectivity index (χ4v) is 1.75. The number of aromatic nitrogens is 4. The summed E-state index contributed by atoms with van der Waals surface area (Å²) in [6.07, 6.45) is 4.11. The Morgan fingerprint density at radius 3 is 3.11 bits per heavy atom. The number of esters is 1. The number of fused-ring (bicyclic) bond motifs is 1. The van der Waals surface area contributed by atoms with Gasteiger partial charge in [0.1, 0.15) is 11.8 Å². The number of nitrogens with one attached hydrogen (secondary N) is 2.